The molecule has 0 spiro atoms. The lowest BCUT2D eigenvalue weighted by Crippen LogP contribution is -2.43. The summed E-state index contributed by atoms with van der Waals surface area (Å²) in [5, 5.41) is 7.62. The summed E-state index contributed by atoms with van der Waals surface area (Å²) in [6.07, 6.45) is 7.45. The number of hydrogen-bond donors (Lipinski definition) is 2. The molecule has 0 radical (unpaired) electrons. The molecule has 1 aromatic heterocycles. The fraction of sp³-hybridized carbons (Fsp3) is 0.700. The fourth-order valence-electron chi connectivity index (χ4n) is 1.87. The predicted octanol–water partition coefficient (Wildman–Crippen LogP) is 0.0612. The lowest BCUT2D eigenvalue weighted by atomic mass is 10.1. The van der Waals surface area contributed by atoms with Crippen molar-refractivity contribution < 1.29 is 0 Å². The van der Waals surface area contributed by atoms with E-state index in [1.807, 2.05) is 6.20 Å². The summed E-state index contributed by atoms with van der Waals surface area (Å²) in [5.41, 5.74) is 7.45. The highest BCUT2D eigenvalue weighted by Gasteiger charge is 2.38. The van der Waals surface area contributed by atoms with Crippen LogP contribution < -0.4 is 11.1 Å². The molecule has 2 heterocycles. The van der Waals surface area contributed by atoms with Gasteiger partial charge >= 0.3 is 0 Å². The summed E-state index contributed by atoms with van der Waals surface area (Å²) in [4.78, 5) is 0. The topological polar surface area (TPSA) is 55.9 Å². The van der Waals surface area contributed by atoms with Gasteiger partial charge in [0.25, 0.3) is 0 Å². The van der Waals surface area contributed by atoms with Crippen molar-refractivity contribution in [1.82, 2.24) is 15.1 Å². The van der Waals surface area contributed by atoms with Crippen LogP contribution in [0.25, 0.3) is 0 Å². The van der Waals surface area contributed by atoms with Gasteiger partial charge in [0.05, 0.1) is 12.2 Å². The van der Waals surface area contributed by atoms with Gasteiger partial charge in [-0.3, -0.25) is 4.68 Å². The third kappa shape index (κ3) is 1.44. The number of nitrogens with one attached hydrogen (secondary N) is 1. The molecule has 0 bridgehead atoms. The smallest absolute Gasteiger partial charge is 0.0767 e. The van der Waals surface area contributed by atoms with Gasteiger partial charge in [0.2, 0.25) is 0 Å². The van der Waals surface area contributed by atoms with Crippen molar-refractivity contribution >= 4 is 0 Å². The molecule has 4 nitrogen and oxygen atoms in total. The van der Waals surface area contributed by atoms with Gasteiger partial charge < -0.3 is 11.1 Å². The summed E-state index contributed by atoms with van der Waals surface area (Å²) >= 11 is 0. The van der Waals surface area contributed by atoms with E-state index in [9.17, 15) is 0 Å². The Morgan fingerprint density at radius 2 is 2.36 bits per heavy atom. The molecule has 2 fully saturated rings. The van der Waals surface area contributed by atoms with Gasteiger partial charge in [0.15, 0.2) is 0 Å². The summed E-state index contributed by atoms with van der Waals surface area (Å²) in [5.74, 6) is 0. The summed E-state index contributed by atoms with van der Waals surface area (Å²) in [6.45, 7) is 2.10. The van der Waals surface area contributed by atoms with E-state index in [1.54, 1.807) is 0 Å². The molecule has 1 aliphatic heterocycles. The van der Waals surface area contributed by atoms with Crippen LogP contribution in [0.5, 0.6) is 0 Å². The normalized spacial score (nSPS) is 24.6. The first-order valence-corrected chi connectivity index (χ1v) is 5.28. The quantitative estimate of drug-likeness (QED) is 0.712. The first-order valence-electron chi connectivity index (χ1n) is 5.28. The molecule has 0 unspecified atom stereocenters. The van der Waals surface area contributed by atoms with Gasteiger partial charge in [-0.15, -0.1) is 0 Å². The van der Waals surface area contributed by atoms with Crippen LogP contribution in [0.4, 0.5) is 0 Å². The van der Waals surface area contributed by atoms with E-state index in [0.717, 1.165) is 19.5 Å². The second-order valence-corrected chi connectivity index (χ2v) is 4.68. The van der Waals surface area contributed by atoms with Crippen molar-refractivity contribution in [1.29, 1.82) is 0 Å². The van der Waals surface area contributed by atoms with Gasteiger partial charge in [0, 0.05) is 24.8 Å². The number of rotatable bonds is 3. The van der Waals surface area contributed by atoms with Crippen LogP contribution in [-0.4, -0.2) is 28.4 Å². The van der Waals surface area contributed by atoms with Crippen LogP contribution in [0.1, 0.15) is 24.4 Å². The van der Waals surface area contributed by atoms with Crippen LogP contribution >= 0.6 is 0 Å². The molecule has 3 rings (SSSR count). The van der Waals surface area contributed by atoms with E-state index in [4.69, 9.17) is 5.73 Å². The highest BCUT2D eigenvalue weighted by molar-refractivity contribution is 5.15. The molecule has 3 N–H and O–H groups in total. The van der Waals surface area contributed by atoms with Gasteiger partial charge in [-0.1, -0.05) is 0 Å². The Morgan fingerprint density at radius 1 is 1.57 bits per heavy atom. The van der Waals surface area contributed by atoms with Crippen molar-refractivity contribution in [2.75, 3.05) is 13.1 Å². The number of nitrogens with two attached hydrogens (primary N) is 1. The van der Waals surface area contributed by atoms with E-state index < -0.39 is 0 Å². The minimum atomic E-state index is 0.103. The SMILES string of the molecule is NC1(Cc2cnn(C3CNC3)c2)CC1. The maximum atomic E-state index is 6.06. The van der Waals surface area contributed by atoms with Crippen LogP contribution in [0.2, 0.25) is 0 Å². The zero-order valence-electron chi connectivity index (χ0n) is 8.24. The Kier molecular flexibility index (Phi) is 1.69. The maximum absolute atomic E-state index is 6.06. The number of nitrogens with zero attached hydrogens (tertiary/aromatic N) is 2. The maximum Gasteiger partial charge on any atom is 0.0767 e. The average Bonchev–Trinajstić information content (AvgIpc) is 2.57. The Labute approximate surface area is 83.5 Å². The van der Waals surface area contributed by atoms with Crippen molar-refractivity contribution in [2.24, 2.45) is 5.73 Å². The molecular formula is C10H16N4. The molecule has 14 heavy (non-hydrogen) atoms. The van der Waals surface area contributed by atoms with Gasteiger partial charge in [-0.2, -0.15) is 5.10 Å². The molecule has 0 aromatic carbocycles. The highest BCUT2D eigenvalue weighted by atomic mass is 15.3. The molecular weight excluding hydrogens is 176 g/mol. The highest BCUT2D eigenvalue weighted by Crippen LogP contribution is 2.35. The first-order chi connectivity index (χ1) is 6.75. The van der Waals surface area contributed by atoms with E-state index in [0.29, 0.717) is 6.04 Å². The second-order valence-electron chi connectivity index (χ2n) is 4.68. The predicted molar refractivity (Wildman–Crippen MR) is 54.0 cm³/mol. The molecule has 0 amide bonds. The Morgan fingerprint density at radius 3 is 2.93 bits per heavy atom. The average molecular weight is 192 g/mol. The molecule has 0 atom stereocenters. The first kappa shape index (κ1) is 8.44. The summed E-state index contributed by atoms with van der Waals surface area (Å²) in [6, 6.07) is 0.566. The molecule has 1 aliphatic carbocycles. The molecule has 2 aliphatic rings. The molecule has 1 aromatic rings. The number of hydrogen-bond acceptors (Lipinski definition) is 3. The minimum absolute atomic E-state index is 0.103. The third-order valence-corrected chi connectivity index (χ3v) is 3.24. The molecule has 1 saturated carbocycles. The Balaban J connectivity index is 1.70. The Bertz CT molecular complexity index is 336. The monoisotopic (exact) mass is 192 g/mol. The van der Waals surface area contributed by atoms with Crippen molar-refractivity contribution in [2.45, 2.75) is 30.8 Å². The van der Waals surface area contributed by atoms with E-state index >= 15 is 0 Å². The zero-order valence-corrected chi connectivity index (χ0v) is 8.24. The van der Waals surface area contributed by atoms with Crippen molar-refractivity contribution in [3.05, 3.63) is 18.0 Å². The number of aromatic nitrogens is 2. The standard InChI is InChI=1S/C10H16N4/c11-10(1-2-10)3-8-4-13-14(7-8)9-5-12-6-9/h4,7,9,12H,1-3,5-6,11H2. The van der Waals surface area contributed by atoms with Crippen LogP contribution in [0.3, 0.4) is 0 Å². The van der Waals surface area contributed by atoms with Crippen LogP contribution in [-0.2, 0) is 6.42 Å². The molecule has 4 heteroatoms. The Hall–Kier alpha value is -0.870. The van der Waals surface area contributed by atoms with Crippen LogP contribution in [0.15, 0.2) is 12.4 Å². The van der Waals surface area contributed by atoms with Gasteiger partial charge in [-0.25, -0.2) is 0 Å². The van der Waals surface area contributed by atoms with Crippen molar-refractivity contribution in [3.63, 3.8) is 0 Å². The summed E-state index contributed by atoms with van der Waals surface area (Å²) < 4.78 is 2.07. The third-order valence-electron chi connectivity index (χ3n) is 3.24. The van der Waals surface area contributed by atoms with E-state index in [1.165, 1.54) is 18.4 Å². The lowest BCUT2D eigenvalue weighted by Gasteiger charge is -2.27. The van der Waals surface area contributed by atoms with Gasteiger partial charge in [0.1, 0.15) is 0 Å². The molecule has 1 saturated heterocycles. The summed E-state index contributed by atoms with van der Waals surface area (Å²) in [7, 11) is 0. The fourth-order valence-corrected chi connectivity index (χ4v) is 1.87. The van der Waals surface area contributed by atoms with Gasteiger partial charge in [-0.05, 0) is 24.8 Å². The second kappa shape index (κ2) is 2.81. The molecule has 76 valence electrons. The lowest BCUT2D eigenvalue weighted by molar-refractivity contribution is 0.318. The van der Waals surface area contributed by atoms with E-state index in [2.05, 4.69) is 21.3 Å². The van der Waals surface area contributed by atoms with E-state index in [-0.39, 0.29) is 5.54 Å². The zero-order chi connectivity index (χ0) is 9.60. The minimum Gasteiger partial charge on any atom is -0.325 e. The van der Waals surface area contributed by atoms with Crippen LogP contribution in [0, 0.1) is 0 Å². The van der Waals surface area contributed by atoms with Crippen molar-refractivity contribution in [3.8, 4) is 0 Å². The largest absolute Gasteiger partial charge is 0.325 e.